The third kappa shape index (κ3) is 7.16. The number of benzene rings is 3. The van der Waals surface area contributed by atoms with Crippen LogP contribution in [0.3, 0.4) is 0 Å². The number of anilines is 2. The van der Waals surface area contributed by atoms with Gasteiger partial charge in [0, 0.05) is 47.6 Å². The van der Waals surface area contributed by atoms with Crippen molar-refractivity contribution >= 4 is 28.3 Å². The van der Waals surface area contributed by atoms with E-state index in [1.807, 2.05) is 67.6 Å². The molecule has 0 aliphatic carbocycles. The molecule has 0 radical (unpaired) electrons. The molecular weight excluding hydrogens is 564 g/mol. The zero-order valence-corrected chi connectivity index (χ0v) is 26.3. The van der Waals surface area contributed by atoms with E-state index in [0.29, 0.717) is 24.7 Å². The van der Waals surface area contributed by atoms with Gasteiger partial charge in [0.25, 0.3) is 0 Å². The topological polar surface area (TPSA) is 93.5 Å². The van der Waals surface area contributed by atoms with Crippen molar-refractivity contribution in [2.45, 2.75) is 39.2 Å². The summed E-state index contributed by atoms with van der Waals surface area (Å²) in [6, 6.07) is 27.5. The van der Waals surface area contributed by atoms with Crippen molar-refractivity contribution in [2.75, 3.05) is 43.5 Å². The smallest absolute Gasteiger partial charge is 0.324 e. The van der Waals surface area contributed by atoms with Gasteiger partial charge in [-0.05, 0) is 36.8 Å². The number of hydrogen-bond donors (Lipinski definition) is 2. The first-order chi connectivity index (χ1) is 21.7. The highest BCUT2D eigenvalue weighted by molar-refractivity contribution is 6.07. The number of hydrogen-bond acceptors (Lipinski definition) is 6. The summed E-state index contributed by atoms with van der Waals surface area (Å²) in [5, 5.41) is 12.7. The van der Waals surface area contributed by atoms with E-state index in [1.165, 1.54) is 5.56 Å². The summed E-state index contributed by atoms with van der Waals surface area (Å²) in [4.78, 5) is 20.1. The Morgan fingerprint density at radius 2 is 1.76 bits per heavy atom. The molecule has 2 aromatic heterocycles. The highest BCUT2D eigenvalue weighted by Crippen LogP contribution is 2.32. The Morgan fingerprint density at radius 3 is 2.51 bits per heavy atom. The molecule has 1 saturated heterocycles. The van der Waals surface area contributed by atoms with E-state index in [0.717, 1.165) is 53.2 Å². The molecule has 6 rings (SSSR count). The maximum absolute atomic E-state index is 13.4. The molecule has 1 fully saturated rings. The molecule has 3 aromatic carbocycles. The van der Waals surface area contributed by atoms with Gasteiger partial charge in [0.05, 0.1) is 36.0 Å². The first kappa shape index (κ1) is 30.3. The van der Waals surface area contributed by atoms with Crippen molar-refractivity contribution in [2.24, 2.45) is 0 Å². The van der Waals surface area contributed by atoms with Crippen LogP contribution in [0.5, 0.6) is 5.75 Å². The van der Waals surface area contributed by atoms with Gasteiger partial charge in [0.15, 0.2) is 0 Å². The summed E-state index contributed by atoms with van der Waals surface area (Å²) >= 11 is 0. The highest BCUT2D eigenvalue weighted by atomic mass is 16.5. The number of amides is 2. The summed E-state index contributed by atoms with van der Waals surface area (Å²) in [5.74, 6) is 1.34. The Labute approximate surface area is 264 Å². The fraction of sp³-hybridized carbons (Fsp3) is 0.306. The summed E-state index contributed by atoms with van der Waals surface area (Å²) in [7, 11) is 0. The van der Waals surface area contributed by atoms with E-state index < -0.39 is 0 Å². The Balaban J connectivity index is 1.14. The Morgan fingerprint density at radius 1 is 0.978 bits per heavy atom. The first-order valence-electron chi connectivity index (χ1n) is 15.4. The van der Waals surface area contributed by atoms with E-state index in [9.17, 15) is 4.79 Å². The van der Waals surface area contributed by atoms with E-state index in [2.05, 4.69) is 65.6 Å². The lowest BCUT2D eigenvalue weighted by atomic mass is 9.92. The van der Waals surface area contributed by atoms with Crippen LogP contribution < -0.4 is 15.4 Å². The normalized spacial score (nSPS) is 15.6. The van der Waals surface area contributed by atoms with Crippen LogP contribution in [0.2, 0.25) is 0 Å². The van der Waals surface area contributed by atoms with Gasteiger partial charge in [0.1, 0.15) is 18.2 Å². The zero-order chi connectivity index (χ0) is 31.4. The quantitative estimate of drug-likeness (QED) is 0.196. The van der Waals surface area contributed by atoms with Crippen molar-refractivity contribution < 1.29 is 14.3 Å². The average Bonchev–Trinajstić information content (AvgIpc) is 3.47. The second-order valence-electron chi connectivity index (χ2n) is 12.4. The number of carbonyl (C=O) groups excluding carboxylic acids is 1. The second kappa shape index (κ2) is 13.1. The molecule has 1 atom stereocenters. The second-order valence-corrected chi connectivity index (χ2v) is 12.4. The zero-order valence-electron chi connectivity index (χ0n) is 26.3. The minimum atomic E-state index is -0.365. The number of morpholine rings is 1. The molecule has 9 heteroatoms. The minimum Gasteiger partial charge on any atom is -0.492 e. The number of aromatic nitrogens is 3. The van der Waals surface area contributed by atoms with Gasteiger partial charge in [0.2, 0.25) is 0 Å². The number of nitrogens with one attached hydrogen (secondary N) is 2. The van der Waals surface area contributed by atoms with Gasteiger partial charge in [-0.1, -0.05) is 75.4 Å². The molecule has 1 aliphatic rings. The number of aryl methyl sites for hydroxylation is 1. The van der Waals surface area contributed by atoms with Crippen molar-refractivity contribution in [3.63, 3.8) is 0 Å². The number of nitrogens with zero attached hydrogens (tertiary/aromatic N) is 4. The highest BCUT2D eigenvalue weighted by Gasteiger charge is 2.23. The molecule has 0 bridgehead atoms. The molecule has 232 valence electrons. The van der Waals surface area contributed by atoms with E-state index in [1.54, 1.807) is 10.9 Å². The third-order valence-corrected chi connectivity index (χ3v) is 7.98. The Bertz CT molecular complexity index is 1760. The SMILES string of the molecule is Cc1ccc(-n2nc(C(C)(C)C)cc2NC(=O)Nc2ccc(OCCN3CCOC(c4ccccc4)C3)c3ccccc23)cn1. The van der Waals surface area contributed by atoms with Crippen LogP contribution in [0, 0.1) is 6.92 Å². The van der Waals surface area contributed by atoms with E-state index in [-0.39, 0.29) is 17.6 Å². The van der Waals surface area contributed by atoms with Gasteiger partial charge in [-0.3, -0.25) is 15.2 Å². The number of rotatable bonds is 8. The fourth-order valence-corrected chi connectivity index (χ4v) is 5.45. The van der Waals surface area contributed by atoms with Gasteiger partial charge >= 0.3 is 6.03 Å². The number of pyridine rings is 1. The van der Waals surface area contributed by atoms with Crippen LogP contribution in [0.4, 0.5) is 16.3 Å². The largest absolute Gasteiger partial charge is 0.492 e. The predicted octanol–water partition coefficient (Wildman–Crippen LogP) is 7.12. The van der Waals surface area contributed by atoms with Crippen LogP contribution in [-0.4, -0.2) is 58.5 Å². The van der Waals surface area contributed by atoms with Crippen molar-refractivity contribution in [3.05, 3.63) is 108 Å². The van der Waals surface area contributed by atoms with E-state index >= 15 is 0 Å². The summed E-state index contributed by atoms with van der Waals surface area (Å²) in [6.45, 7) is 12.0. The molecule has 0 spiro atoms. The molecule has 0 saturated carbocycles. The summed E-state index contributed by atoms with van der Waals surface area (Å²) in [6.07, 6.45) is 1.83. The molecule has 9 nitrogen and oxygen atoms in total. The molecule has 1 unspecified atom stereocenters. The maximum atomic E-state index is 13.4. The number of urea groups is 1. The molecule has 45 heavy (non-hydrogen) atoms. The fourth-order valence-electron chi connectivity index (χ4n) is 5.45. The van der Waals surface area contributed by atoms with Crippen molar-refractivity contribution in [3.8, 4) is 11.4 Å². The number of fused-ring (bicyclic) bond motifs is 1. The van der Waals surface area contributed by atoms with Crippen molar-refractivity contribution in [1.82, 2.24) is 19.7 Å². The van der Waals surface area contributed by atoms with Gasteiger partial charge in [-0.25, -0.2) is 9.48 Å². The van der Waals surface area contributed by atoms with Crippen LogP contribution in [-0.2, 0) is 10.2 Å². The van der Waals surface area contributed by atoms with Gasteiger partial charge in [-0.15, -0.1) is 0 Å². The summed E-state index contributed by atoms with van der Waals surface area (Å²) in [5.41, 5.74) is 4.23. The Hall–Kier alpha value is -4.73. The van der Waals surface area contributed by atoms with Crippen LogP contribution >= 0.6 is 0 Å². The lowest BCUT2D eigenvalue weighted by Gasteiger charge is -2.33. The first-order valence-corrected chi connectivity index (χ1v) is 15.4. The molecule has 2 amide bonds. The Kier molecular flexibility index (Phi) is 8.82. The van der Waals surface area contributed by atoms with E-state index in [4.69, 9.17) is 14.6 Å². The molecule has 1 aliphatic heterocycles. The monoisotopic (exact) mass is 604 g/mol. The summed E-state index contributed by atoms with van der Waals surface area (Å²) < 4.78 is 14.0. The molecule has 3 heterocycles. The number of carbonyl (C=O) groups is 1. The maximum Gasteiger partial charge on any atom is 0.324 e. The van der Waals surface area contributed by atoms with Gasteiger partial charge < -0.3 is 14.8 Å². The lowest BCUT2D eigenvalue weighted by Crippen LogP contribution is -2.40. The number of ether oxygens (including phenoxy) is 2. The average molecular weight is 605 g/mol. The standard InChI is InChI=1S/C36H40N6O3/c1-25-14-15-27(23-37-25)42-34(22-33(40-42)36(2,3)4)39-35(43)38-30-16-17-31(29-13-9-8-12-28(29)30)44-20-18-41-19-21-45-32(24-41)26-10-6-5-7-11-26/h5-17,22-23,32H,18-21,24H2,1-4H3,(H2,38,39,43). The minimum absolute atomic E-state index is 0.0736. The lowest BCUT2D eigenvalue weighted by molar-refractivity contribution is -0.0328. The van der Waals surface area contributed by atoms with Crippen LogP contribution in [0.25, 0.3) is 16.5 Å². The predicted molar refractivity (Wildman–Crippen MR) is 178 cm³/mol. The van der Waals surface area contributed by atoms with Crippen LogP contribution in [0.15, 0.2) is 91.1 Å². The van der Waals surface area contributed by atoms with Crippen LogP contribution in [0.1, 0.15) is 43.8 Å². The van der Waals surface area contributed by atoms with Gasteiger partial charge in [-0.2, -0.15) is 5.10 Å². The third-order valence-electron chi connectivity index (χ3n) is 7.98. The van der Waals surface area contributed by atoms with Crippen molar-refractivity contribution in [1.29, 1.82) is 0 Å². The molecular formula is C36H40N6O3. The molecule has 2 N–H and O–H groups in total. The molecule has 5 aromatic rings.